The molecule has 0 spiro atoms. The molecule has 48 heavy (non-hydrogen) atoms. The average Bonchev–Trinajstić information content (AvgIpc) is 3.09. The lowest BCUT2D eigenvalue weighted by Gasteiger charge is -2.33. The number of hydrogen-bond acceptors (Lipinski definition) is 5. The summed E-state index contributed by atoms with van der Waals surface area (Å²) in [6.07, 6.45) is 0.0359. The first kappa shape index (κ1) is 31.5. The van der Waals surface area contributed by atoms with Crippen LogP contribution >= 0.6 is 0 Å². The van der Waals surface area contributed by atoms with Crippen LogP contribution in [0.5, 0.6) is 0 Å². The van der Waals surface area contributed by atoms with E-state index < -0.39 is 17.3 Å². The molecule has 1 aliphatic heterocycles. The quantitative estimate of drug-likeness (QED) is 0.176. The van der Waals surface area contributed by atoms with E-state index in [1.54, 1.807) is 29.4 Å². The van der Waals surface area contributed by atoms with Crippen molar-refractivity contribution in [1.82, 2.24) is 24.3 Å². The molecule has 0 atom stereocenters. The molecule has 7 nitrogen and oxygen atoms in total. The zero-order valence-electron chi connectivity index (χ0n) is 26.7. The van der Waals surface area contributed by atoms with Gasteiger partial charge >= 0.3 is 6.18 Å². The van der Waals surface area contributed by atoms with Crippen LogP contribution in [0, 0.1) is 0 Å². The summed E-state index contributed by atoms with van der Waals surface area (Å²) in [7, 11) is 3.80. The fourth-order valence-electron chi connectivity index (χ4n) is 6.78. The number of halogens is 3. The van der Waals surface area contributed by atoms with Crippen LogP contribution < -0.4 is 5.56 Å². The molecule has 10 heteroatoms. The SMILES string of the molecule is CN(C)CCC(=O)N1CCC(c2ccc(-n3c(=O)ccc4cnc5ccc(-c6cnc7ccccc7c6)cc5c43)cc2C(F)(F)F)CC1. The number of hydrogen-bond donors (Lipinski definition) is 0. The van der Waals surface area contributed by atoms with Gasteiger partial charge in [0.15, 0.2) is 0 Å². The monoisotopic (exact) mass is 649 g/mol. The normalized spacial score (nSPS) is 14.4. The first-order valence-corrected chi connectivity index (χ1v) is 16.0. The summed E-state index contributed by atoms with van der Waals surface area (Å²) >= 11 is 0. The minimum Gasteiger partial charge on any atom is -0.343 e. The number of fused-ring (bicyclic) bond motifs is 4. The lowest BCUT2D eigenvalue weighted by atomic mass is 9.86. The molecule has 7 rings (SSSR count). The van der Waals surface area contributed by atoms with Crippen LogP contribution in [0.25, 0.3) is 49.5 Å². The highest BCUT2D eigenvalue weighted by Gasteiger charge is 2.37. The van der Waals surface area contributed by atoms with Crippen LogP contribution in [0.4, 0.5) is 13.2 Å². The number of benzene rings is 3. The third kappa shape index (κ3) is 6.04. The van der Waals surface area contributed by atoms with Crippen molar-refractivity contribution in [3.63, 3.8) is 0 Å². The third-order valence-electron chi connectivity index (χ3n) is 9.30. The Hall–Kier alpha value is -5.09. The van der Waals surface area contributed by atoms with Crippen LogP contribution in [0.15, 0.2) is 96.1 Å². The Morgan fingerprint density at radius 2 is 1.62 bits per heavy atom. The molecule has 0 radical (unpaired) electrons. The van der Waals surface area contributed by atoms with Gasteiger partial charge in [-0.05, 0) is 86.4 Å². The summed E-state index contributed by atoms with van der Waals surface area (Å²) in [6, 6.07) is 22.7. The Labute approximate surface area is 275 Å². The number of nitrogens with zero attached hydrogens (tertiary/aromatic N) is 5. The molecule has 0 N–H and O–H groups in total. The van der Waals surface area contributed by atoms with Crippen LogP contribution in [-0.4, -0.2) is 64.0 Å². The van der Waals surface area contributed by atoms with Crippen molar-refractivity contribution >= 4 is 38.6 Å². The molecular formula is C38H34F3N5O2. The molecule has 3 aromatic heterocycles. The van der Waals surface area contributed by atoms with Crippen LogP contribution in [0.3, 0.4) is 0 Å². The highest BCUT2D eigenvalue weighted by atomic mass is 19.4. The summed E-state index contributed by atoms with van der Waals surface area (Å²) in [5, 5.41) is 2.24. The topological polar surface area (TPSA) is 71.3 Å². The van der Waals surface area contributed by atoms with Crippen LogP contribution in [-0.2, 0) is 11.0 Å². The van der Waals surface area contributed by atoms with Gasteiger partial charge in [-0.2, -0.15) is 13.2 Å². The van der Waals surface area contributed by atoms with E-state index in [-0.39, 0.29) is 23.1 Å². The number of alkyl halides is 3. The maximum Gasteiger partial charge on any atom is 0.416 e. The van der Waals surface area contributed by atoms with E-state index in [0.29, 0.717) is 60.7 Å². The largest absolute Gasteiger partial charge is 0.416 e. The van der Waals surface area contributed by atoms with Crippen molar-refractivity contribution in [2.75, 3.05) is 33.7 Å². The molecule has 0 unspecified atom stereocenters. The summed E-state index contributed by atoms with van der Waals surface area (Å²) in [5.74, 6) is -0.341. The molecule has 1 fully saturated rings. The van der Waals surface area contributed by atoms with Gasteiger partial charge in [0.2, 0.25) is 5.91 Å². The van der Waals surface area contributed by atoms with Gasteiger partial charge < -0.3 is 9.80 Å². The number of amides is 1. The summed E-state index contributed by atoms with van der Waals surface area (Å²) in [4.78, 5) is 39.0. The number of piperidine rings is 1. The van der Waals surface area contributed by atoms with E-state index in [1.807, 2.05) is 67.5 Å². The van der Waals surface area contributed by atoms with Crippen molar-refractivity contribution in [2.45, 2.75) is 31.4 Å². The highest BCUT2D eigenvalue weighted by molar-refractivity contribution is 6.05. The second-order valence-electron chi connectivity index (χ2n) is 12.7. The van der Waals surface area contributed by atoms with Crippen LogP contribution in [0.2, 0.25) is 0 Å². The van der Waals surface area contributed by atoms with Gasteiger partial charge in [-0.1, -0.05) is 30.3 Å². The van der Waals surface area contributed by atoms with Crippen molar-refractivity contribution < 1.29 is 18.0 Å². The Kier molecular flexibility index (Phi) is 8.20. The Bertz CT molecular complexity index is 2240. The zero-order chi connectivity index (χ0) is 33.6. The van der Waals surface area contributed by atoms with E-state index in [9.17, 15) is 22.8 Å². The molecular weight excluding hydrogens is 615 g/mol. The van der Waals surface area contributed by atoms with Crippen molar-refractivity contribution in [3.05, 3.63) is 113 Å². The summed E-state index contributed by atoms with van der Waals surface area (Å²) in [5.41, 5.74) is 2.78. The van der Waals surface area contributed by atoms with Gasteiger partial charge in [0, 0.05) is 71.9 Å². The van der Waals surface area contributed by atoms with Crippen molar-refractivity contribution in [3.8, 4) is 16.8 Å². The van der Waals surface area contributed by atoms with E-state index in [2.05, 4.69) is 9.97 Å². The molecule has 1 amide bonds. The number of para-hydroxylation sites is 1. The van der Waals surface area contributed by atoms with Crippen LogP contribution in [0.1, 0.15) is 36.3 Å². The molecule has 0 bridgehead atoms. The smallest absolute Gasteiger partial charge is 0.343 e. The number of likely N-dealkylation sites (tertiary alicyclic amines) is 1. The van der Waals surface area contributed by atoms with Gasteiger partial charge in [0.05, 0.1) is 22.1 Å². The van der Waals surface area contributed by atoms with E-state index in [4.69, 9.17) is 0 Å². The number of pyridine rings is 3. The van der Waals surface area contributed by atoms with Gasteiger partial charge in [0.25, 0.3) is 5.56 Å². The van der Waals surface area contributed by atoms with Gasteiger partial charge in [-0.3, -0.25) is 24.1 Å². The molecule has 6 aromatic rings. The second-order valence-corrected chi connectivity index (χ2v) is 12.7. The Morgan fingerprint density at radius 1 is 0.854 bits per heavy atom. The summed E-state index contributed by atoms with van der Waals surface area (Å²) in [6.45, 7) is 1.44. The standard InChI is InChI=1S/C38H34F3N5O2/c1-44(2)16-15-35(47)45-17-13-24(14-18-45)30-10-9-29(21-32(30)38(39,40)41)46-36(48)12-8-27-22-43-34-11-7-25(20-31(34)37(27)46)28-19-26-5-3-4-6-33(26)42-23-28/h3-12,19-24H,13-18H2,1-2H3. The lowest BCUT2D eigenvalue weighted by molar-refractivity contribution is -0.139. The number of carbonyl (C=O) groups excluding carboxylic acids is 1. The zero-order valence-corrected chi connectivity index (χ0v) is 26.7. The Morgan fingerprint density at radius 3 is 2.40 bits per heavy atom. The fourth-order valence-corrected chi connectivity index (χ4v) is 6.78. The maximum absolute atomic E-state index is 14.7. The predicted molar refractivity (Wildman–Crippen MR) is 182 cm³/mol. The molecule has 3 aromatic carbocycles. The fraction of sp³-hybridized carbons (Fsp3) is 0.263. The number of carbonyl (C=O) groups is 1. The van der Waals surface area contributed by atoms with Gasteiger partial charge in [0.1, 0.15) is 0 Å². The first-order chi connectivity index (χ1) is 23.1. The third-order valence-corrected chi connectivity index (χ3v) is 9.30. The lowest BCUT2D eigenvalue weighted by Crippen LogP contribution is -2.39. The molecule has 1 aliphatic rings. The van der Waals surface area contributed by atoms with E-state index in [0.717, 1.165) is 28.1 Å². The maximum atomic E-state index is 14.7. The average molecular weight is 650 g/mol. The number of rotatable bonds is 6. The predicted octanol–water partition coefficient (Wildman–Crippen LogP) is 7.43. The minimum atomic E-state index is -4.64. The van der Waals surface area contributed by atoms with Gasteiger partial charge in [-0.25, -0.2) is 0 Å². The van der Waals surface area contributed by atoms with Crippen molar-refractivity contribution in [1.29, 1.82) is 0 Å². The highest BCUT2D eigenvalue weighted by Crippen LogP contribution is 2.40. The molecule has 1 saturated heterocycles. The van der Waals surface area contributed by atoms with Gasteiger partial charge in [-0.15, -0.1) is 0 Å². The first-order valence-electron chi connectivity index (χ1n) is 16.0. The molecule has 4 heterocycles. The molecule has 0 aliphatic carbocycles. The second kappa shape index (κ2) is 12.5. The summed E-state index contributed by atoms with van der Waals surface area (Å²) < 4.78 is 45.5. The van der Waals surface area contributed by atoms with E-state index in [1.165, 1.54) is 16.7 Å². The number of aromatic nitrogens is 3. The molecule has 0 saturated carbocycles. The molecule has 244 valence electrons. The Balaban J connectivity index is 1.30. The van der Waals surface area contributed by atoms with E-state index >= 15 is 0 Å². The minimum absolute atomic E-state index is 0.0191. The van der Waals surface area contributed by atoms with Crippen molar-refractivity contribution in [2.24, 2.45) is 0 Å².